The molecule has 0 bridgehead atoms. The Kier molecular flexibility index (Phi) is 6.32. The molecule has 0 heteroatoms. The van der Waals surface area contributed by atoms with Crippen molar-refractivity contribution in [2.75, 3.05) is 0 Å². The molecule has 0 saturated carbocycles. The van der Waals surface area contributed by atoms with Crippen LogP contribution in [-0.4, -0.2) is 0 Å². The highest BCUT2D eigenvalue weighted by Gasteiger charge is 2.07. The molecule has 0 amide bonds. The maximum Gasteiger partial charge on any atom is -0.000957 e. The Balaban J connectivity index is 4.95. The van der Waals surface area contributed by atoms with E-state index in [1.54, 1.807) is 0 Å². The van der Waals surface area contributed by atoms with Crippen molar-refractivity contribution >= 4 is 0 Å². The second-order valence-electron chi connectivity index (χ2n) is 4.25. The van der Waals surface area contributed by atoms with Crippen LogP contribution in [0.4, 0.5) is 0 Å². The lowest BCUT2D eigenvalue weighted by Gasteiger charge is -2.13. The largest absolute Gasteiger partial charge is 0.121 e. The Morgan fingerprint density at radius 1 is 1.29 bits per heavy atom. The van der Waals surface area contributed by atoms with E-state index in [4.69, 9.17) is 0 Å². The molecule has 0 radical (unpaired) electrons. The SMILES string of the molecule is CC=C=C(C(C)=CC(C)C)C(C)CC. The predicted octanol–water partition coefficient (Wildman–Crippen LogP) is 4.74. The fourth-order valence-electron chi connectivity index (χ4n) is 1.59. The first-order chi connectivity index (χ1) is 6.52. The minimum Gasteiger partial charge on any atom is -0.121 e. The van der Waals surface area contributed by atoms with Gasteiger partial charge in [-0.1, -0.05) is 33.8 Å². The second kappa shape index (κ2) is 6.68. The van der Waals surface area contributed by atoms with Crippen molar-refractivity contribution in [1.29, 1.82) is 0 Å². The van der Waals surface area contributed by atoms with Crippen LogP contribution in [0.2, 0.25) is 0 Å². The summed E-state index contributed by atoms with van der Waals surface area (Å²) < 4.78 is 0. The molecule has 80 valence electrons. The molecule has 0 aromatic heterocycles. The molecule has 0 aliphatic heterocycles. The molecule has 1 atom stereocenters. The van der Waals surface area contributed by atoms with Crippen molar-refractivity contribution < 1.29 is 0 Å². The van der Waals surface area contributed by atoms with Gasteiger partial charge in [-0.15, -0.1) is 5.73 Å². The molecule has 0 aromatic rings. The van der Waals surface area contributed by atoms with E-state index in [9.17, 15) is 0 Å². The van der Waals surface area contributed by atoms with Crippen LogP contribution < -0.4 is 0 Å². The molecule has 0 spiro atoms. The zero-order valence-corrected chi connectivity index (χ0v) is 10.5. The number of rotatable bonds is 4. The first-order valence-electron chi connectivity index (χ1n) is 5.62. The highest BCUT2D eigenvalue weighted by atomic mass is 14.1. The lowest BCUT2D eigenvalue weighted by Crippen LogP contribution is -1.99. The van der Waals surface area contributed by atoms with Crippen LogP contribution in [0.25, 0.3) is 0 Å². The minimum absolute atomic E-state index is 0.612. The minimum atomic E-state index is 0.612. The molecule has 0 nitrogen and oxygen atoms in total. The fourth-order valence-corrected chi connectivity index (χ4v) is 1.59. The summed E-state index contributed by atoms with van der Waals surface area (Å²) in [6.07, 6.45) is 5.51. The molecule has 1 unspecified atom stereocenters. The number of hydrogen-bond donors (Lipinski definition) is 0. The Labute approximate surface area is 89.4 Å². The predicted molar refractivity (Wildman–Crippen MR) is 65.3 cm³/mol. The van der Waals surface area contributed by atoms with Crippen LogP contribution in [0, 0.1) is 11.8 Å². The normalized spacial score (nSPS) is 13.8. The molecule has 0 N–H and O–H groups in total. The van der Waals surface area contributed by atoms with Crippen molar-refractivity contribution in [3.63, 3.8) is 0 Å². The van der Waals surface area contributed by atoms with Gasteiger partial charge in [0, 0.05) is 0 Å². The molecule has 0 aliphatic rings. The van der Waals surface area contributed by atoms with E-state index in [0.29, 0.717) is 11.8 Å². The maximum absolute atomic E-state index is 3.36. The lowest BCUT2D eigenvalue weighted by atomic mass is 9.91. The van der Waals surface area contributed by atoms with Gasteiger partial charge in [-0.25, -0.2) is 0 Å². The van der Waals surface area contributed by atoms with E-state index < -0.39 is 0 Å². The quantitative estimate of drug-likeness (QED) is 0.446. The van der Waals surface area contributed by atoms with Gasteiger partial charge in [-0.05, 0) is 49.3 Å². The van der Waals surface area contributed by atoms with Gasteiger partial charge in [-0.3, -0.25) is 0 Å². The van der Waals surface area contributed by atoms with Crippen LogP contribution in [0.5, 0.6) is 0 Å². The van der Waals surface area contributed by atoms with Crippen LogP contribution in [-0.2, 0) is 0 Å². The summed E-state index contributed by atoms with van der Waals surface area (Å²) in [5, 5.41) is 0. The van der Waals surface area contributed by atoms with E-state index in [2.05, 4.69) is 46.4 Å². The summed E-state index contributed by atoms with van der Waals surface area (Å²) >= 11 is 0. The van der Waals surface area contributed by atoms with Crippen molar-refractivity contribution in [3.8, 4) is 0 Å². The number of hydrogen-bond acceptors (Lipinski definition) is 0. The summed E-state index contributed by atoms with van der Waals surface area (Å²) in [5.41, 5.74) is 6.11. The monoisotopic (exact) mass is 192 g/mol. The van der Waals surface area contributed by atoms with Crippen LogP contribution in [0.15, 0.2) is 29.0 Å². The summed E-state index contributed by atoms with van der Waals surface area (Å²) in [4.78, 5) is 0. The molecule has 0 heterocycles. The van der Waals surface area contributed by atoms with Gasteiger partial charge < -0.3 is 0 Å². The van der Waals surface area contributed by atoms with Gasteiger partial charge in [0.15, 0.2) is 0 Å². The van der Waals surface area contributed by atoms with Gasteiger partial charge in [0.1, 0.15) is 0 Å². The topological polar surface area (TPSA) is 0 Å². The van der Waals surface area contributed by atoms with Crippen molar-refractivity contribution in [3.05, 3.63) is 29.0 Å². The van der Waals surface area contributed by atoms with E-state index in [1.807, 2.05) is 13.0 Å². The van der Waals surface area contributed by atoms with Gasteiger partial charge >= 0.3 is 0 Å². The summed E-state index contributed by atoms with van der Waals surface area (Å²) in [6, 6.07) is 0. The average molecular weight is 192 g/mol. The lowest BCUT2D eigenvalue weighted by molar-refractivity contribution is 0.660. The second-order valence-corrected chi connectivity index (χ2v) is 4.25. The van der Waals surface area contributed by atoms with E-state index in [0.717, 1.165) is 0 Å². The van der Waals surface area contributed by atoms with Crippen molar-refractivity contribution in [2.45, 2.75) is 48.0 Å². The molecule has 0 rings (SSSR count). The molecular weight excluding hydrogens is 168 g/mol. The molecule has 0 saturated heterocycles. The Morgan fingerprint density at radius 3 is 2.21 bits per heavy atom. The molecule has 0 fully saturated rings. The third-order valence-electron chi connectivity index (χ3n) is 2.41. The maximum atomic E-state index is 3.36. The number of allylic oxidation sites excluding steroid dienone is 3. The molecule has 0 aromatic carbocycles. The highest BCUT2D eigenvalue weighted by molar-refractivity contribution is 5.30. The standard InChI is InChI=1S/C14H24/c1-7-9-14(12(5)8-2)13(6)10-11(3)4/h7,10-12H,8H2,1-6H3. The van der Waals surface area contributed by atoms with E-state index in [-0.39, 0.29) is 0 Å². The smallest absolute Gasteiger partial charge is 0.000957 e. The van der Waals surface area contributed by atoms with E-state index in [1.165, 1.54) is 17.6 Å². The summed E-state index contributed by atoms with van der Waals surface area (Å²) in [6.45, 7) is 13.2. The van der Waals surface area contributed by atoms with Crippen LogP contribution >= 0.6 is 0 Å². The average Bonchev–Trinajstić information content (AvgIpc) is 2.11. The Hall–Kier alpha value is -0.740. The Bertz CT molecular complexity index is 247. The molecular formula is C14H24. The zero-order chi connectivity index (χ0) is 11.1. The Morgan fingerprint density at radius 2 is 1.86 bits per heavy atom. The van der Waals surface area contributed by atoms with Gasteiger partial charge in [-0.2, -0.15) is 0 Å². The van der Waals surface area contributed by atoms with Crippen LogP contribution in [0.1, 0.15) is 48.0 Å². The van der Waals surface area contributed by atoms with E-state index >= 15 is 0 Å². The molecule has 14 heavy (non-hydrogen) atoms. The first-order valence-corrected chi connectivity index (χ1v) is 5.62. The van der Waals surface area contributed by atoms with Crippen molar-refractivity contribution in [2.24, 2.45) is 11.8 Å². The zero-order valence-electron chi connectivity index (χ0n) is 10.5. The van der Waals surface area contributed by atoms with Gasteiger partial charge in [0.05, 0.1) is 0 Å². The molecule has 0 aliphatic carbocycles. The summed E-state index contributed by atoms with van der Waals surface area (Å²) in [5.74, 6) is 1.23. The third kappa shape index (κ3) is 4.48. The highest BCUT2D eigenvalue weighted by Crippen LogP contribution is 2.22. The third-order valence-corrected chi connectivity index (χ3v) is 2.41. The summed E-state index contributed by atoms with van der Waals surface area (Å²) in [7, 11) is 0. The van der Waals surface area contributed by atoms with Gasteiger partial charge in [0.2, 0.25) is 0 Å². The first kappa shape index (κ1) is 13.3. The van der Waals surface area contributed by atoms with Crippen molar-refractivity contribution in [1.82, 2.24) is 0 Å². The van der Waals surface area contributed by atoms with Crippen LogP contribution in [0.3, 0.4) is 0 Å². The van der Waals surface area contributed by atoms with Gasteiger partial charge in [0.25, 0.3) is 0 Å². The fraction of sp³-hybridized carbons (Fsp3) is 0.643.